The van der Waals surface area contributed by atoms with Gasteiger partial charge >= 0.3 is 0 Å². The van der Waals surface area contributed by atoms with Crippen molar-refractivity contribution in [3.8, 4) is 0 Å². The highest BCUT2D eigenvalue weighted by Crippen LogP contribution is 2.29. The zero-order valence-corrected chi connectivity index (χ0v) is 12.7. The Bertz CT molecular complexity index is 461. The maximum atomic E-state index is 14.1. The number of nitrogens with one attached hydrogen (secondary N) is 1. The first-order valence-electron chi connectivity index (χ1n) is 6.73. The molecule has 0 aromatic heterocycles. The molecule has 1 aromatic rings. The third-order valence-corrected chi connectivity index (χ3v) is 3.61. The molecule has 1 aliphatic heterocycles. The highest BCUT2D eigenvalue weighted by atomic mass is 79.9. The quantitative estimate of drug-likeness (QED) is 0.869. The summed E-state index contributed by atoms with van der Waals surface area (Å²) in [5.41, 5.74) is 0.635. The summed E-state index contributed by atoms with van der Waals surface area (Å²) in [5, 5.41) is 3.37. The fraction of sp³-hybridized carbons (Fsp3) is 0.467. The summed E-state index contributed by atoms with van der Waals surface area (Å²) in [6.45, 7) is 3.64. The Morgan fingerprint density at radius 1 is 1.47 bits per heavy atom. The highest BCUT2D eigenvalue weighted by Gasteiger charge is 2.22. The lowest BCUT2D eigenvalue weighted by molar-refractivity contribution is 0.166. The molecule has 2 rings (SSSR count). The minimum absolute atomic E-state index is 0.197. The lowest BCUT2D eigenvalue weighted by Gasteiger charge is -2.25. The molecule has 1 aliphatic rings. The Labute approximate surface area is 122 Å². The number of benzene rings is 1. The van der Waals surface area contributed by atoms with Crippen LogP contribution in [-0.2, 0) is 4.74 Å². The Morgan fingerprint density at radius 3 is 3.00 bits per heavy atom. The third kappa shape index (κ3) is 3.80. The Kier molecular flexibility index (Phi) is 5.40. The minimum atomic E-state index is -0.202. The third-order valence-electron chi connectivity index (χ3n) is 3.11. The van der Waals surface area contributed by atoms with E-state index in [1.807, 2.05) is 6.07 Å². The van der Waals surface area contributed by atoms with Gasteiger partial charge in [-0.3, -0.25) is 0 Å². The smallest absolute Gasteiger partial charge is 0.128 e. The Balaban J connectivity index is 2.30. The normalized spacial score (nSPS) is 16.7. The van der Waals surface area contributed by atoms with Crippen LogP contribution in [0.2, 0.25) is 0 Å². The van der Waals surface area contributed by atoms with Crippen LogP contribution in [-0.4, -0.2) is 13.2 Å². The topological polar surface area (TPSA) is 21.3 Å². The second-order valence-corrected chi connectivity index (χ2v) is 5.57. The monoisotopic (exact) mass is 327 g/mol. The van der Waals surface area contributed by atoms with E-state index in [1.165, 1.54) is 6.07 Å². The van der Waals surface area contributed by atoms with Gasteiger partial charge in [0.1, 0.15) is 11.6 Å². The van der Waals surface area contributed by atoms with E-state index in [9.17, 15) is 4.39 Å². The highest BCUT2D eigenvalue weighted by molar-refractivity contribution is 9.10. The number of ether oxygens (including phenoxy) is 1. The summed E-state index contributed by atoms with van der Waals surface area (Å²) in [6.07, 6.45) is 5.09. The van der Waals surface area contributed by atoms with Crippen molar-refractivity contribution in [1.29, 1.82) is 0 Å². The SMILES string of the molecule is CCCNC(C1=CCCCO1)c1cc(Br)ccc1F. The first-order valence-corrected chi connectivity index (χ1v) is 7.53. The molecule has 1 N–H and O–H groups in total. The van der Waals surface area contributed by atoms with Gasteiger partial charge < -0.3 is 10.1 Å². The van der Waals surface area contributed by atoms with Gasteiger partial charge in [0.15, 0.2) is 0 Å². The van der Waals surface area contributed by atoms with Gasteiger partial charge in [0.2, 0.25) is 0 Å². The molecule has 0 amide bonds. The van der Waals surface area contributed by atoms with Gasteiger partial charge in [-0.25, -0.2) is 4.39 Å². The van der Waals surface area contributed by atoms with E-state index < -0.39 is 0 Å². The number of rotatable bonds is 5. The van der Waals surface area contributed by atoms with Crippen LogP contribution in [0.25, 0.3) is 0 Å². The van der Waals surface area contributed by atoms with E-state index in [-0.39, 0.29) is 11.9 Å². The molecule has 0 spiro atoms. The molecule has 0 saturated heterocycles. The van der Waals surface area contributed by atoms with Crippen molar-refractivity contribution in [2.24, 2.45) is 0 Å². The van der Waals surface area contributed by atoms with Crippen LogP contribution in [0, 0.1) is 5.82 Å². The van der Waals surface area contributed by atoms with Crippen molar-refractivity contribution in [1.82, 2.24) is 5.32 Å². The van der Waals surface area contributed by atoms with Crippen molar-refractivity contribution in [2.75, 3.05) is 13.2 Å². The molecule has 4 heteroatoms. The summed E-state index contributed by atoms with van der Waals surface area (Å²) in [7, 11) is 0. The van der Waals surface area contributed by atoms with Crippen molar-refractivity contribution >= 4 is 15.9 Å². The molecule has 19 heavy (non-hydrogen) atoms. The molecule has 0 aliphatic carbocycles. The minimum Gasteiger partial charge on any atom is -0.496 e. The summed E-state index contributed by atoms with van der Waals surface area (Å²) in [6, 6.07) is 4.83. The Morgan fingerprint density at radius 2 is 2.32 bits per heavy atom. The van der Waals surface area contributed by atoms with Gasteiger partial charge in [-0.2, -0.15) is 0 Å². The molecule has 1 unspecified atom stereocenters. The van der Waals surface area contributed by atoms with Crippen molar-refractivity contribution in [3.05, 3.63) is 45.9 Å². The first-order chi connectivity index (χ1) is 9.22. The second kappa shape index (κ2) is 7.06. The van der Waals surface area contributed by atoms with Crippen molar-refractivity contribution in [3.63, 3.8) is 0 Å². The predicted molar refractivity (Wildman–Crippen MR) is 78.4 cm³/mol. The second-order valence-electron chi connectivity index (χ2n) is 4.65. The van der Waals surface area contributed by atoms with Gasteiger partial charge in [-0.1, -0.05) is 22.9 Å². The van der Waals surface area contributed by atoms with E-state index in [0.717, 1.165) is 36.0 Å². The summed E-state index contributed by atoms with van der Waals surface area (Å²) in [4.78, 5) is 0. The average molecular weight is 328 g/mol. The maximum absolute atomic E-state index is 14.1. The maximum Gasteiger partial charge on any atom is 0.128 e. The van der Waals surface area contributed by atoms with Crippen LogP contribution in [0.5, 0.6) is 0 Å². The molecule has 1 aromatic carbocycles. The van der Waals surface area contributed by atoms with Gasteiger partial charge in [0.05, 0.1) is 12.6 Å². The number of hydrogen-bond donors (Lipinski definition) is 1. The fourth-order valence-electron chi connectivity index (χ4n) is 2.17. The van der Waals surface area contributed by atoms with Crippen LogP contribution < -0.4 is 5.32 Å². The van der Waals surface area contributed by atoms with E-state index in [2.05, 4.69) is 34.2 Å². The van der Waals surface area contributed by atoms with Crippen molar-refractivity contribution < 1.29 is 9.13 Å². The summed E-state index contributed by atoms with van der Waals surface area (Å²) < 4.78 is 20.6. The lowest BCUT2D eigenvalue weighted by atomic mass is 10.0. The van der Waals surface area contributed by atoms with Crippen LogP contribution >= 0.6 is 15.9 Å². The molecule has 0 saturated carbocycles. The predicted octanol–water partition coefficient (Wildman–Crippen LogP) is 4.32. The first kappa shape index (κ1) is 14.5. The number of halogens is 2. The zero-order chi connectivity index (χ0) is 13.7. The van der Waals surface area contributed by atoms with Crippen LogP contribution in [0.1, 0.15) is 37.8 Å². The van der Waals surface area contributed by atoms with Crippen molar-refractivity contribution in [2.45, 2.75) is 32.2 Å². The van der Waals surface area contributed by atoms with Gasteiger partial charge in [-0.15, -0.1) is 0 Å². The molecule has 1 heterocycles. The van der Waals surface area contributed by atoms with E-state index in [1.54, 1.807) is 6.07 Å². The molecule has 0 fully saturated rings. The van der Waals surface area contributed by atoms with E-state index in [4.69, 9.17) is 4.74 Å². The fourth-order valence-corrected chi connectivity index (χ4v) is 2.54. The molecular formula is C15H19BrFNO. The van der Waals surface area contributed by atoms with Crippen LogP contribution in [0.15, 0.2) is 34.5 Å². The van der Waals surface area contributed by atoms with Crippen LogP contribution in [0.4, 0.5) is 4.39 Å². The lowest BCUT2D eigenvalue weighted by Crippen LogP contribution is -2.27. The number of hydrogen-bond acceptors (Lipinski definition) is 2. The Hall–Kier alpha value is -0.870. The molecule has 1 atom stereocenters. The molecule has 104 valence electrons. The largest absolute Gasteiger partial charge is 0.496 e. The summed E-state index contributed by atoms with van der Waals surface area (Å²) >= 11 is 3.40. The van der Waals surface area contributed by atoms with Crippen LogP contribution in [0.3, 0.4) is 0 Å². The molecule has 0 radical (unpaired) electrons. The molecular weight excluding hydrogens is 309 g/mol. The zero-order valence-electron chi connectivity index (χ0n) is 11.1. The number of allylic oxidation sites excluding steroid dienone is 1. The van der Waals surface area contributed by atoms with E-state index >= 15 is 0 Å². The van der Waals surface area contributed by atoms with Gasteiger partial charge in [0.25, 0.3) is 0 Å². The van der Waals surface area contributed by atoms with E-state index in [0.29, 0.717) is 12.2 Å². The average Bonchev–Trinajstić information content (AvgIpc) is 2.44. The summed E-state index contributed by atoms with van der Waals surface area (Å²) in [5.74, 6) is 0.642. The van der Waals surface area contributed by atoms with Gasteiger partial charge in [0, 0.05) is 10.0 Å². The molecule has 0 bridgehead atoms. The molecule has 2 nitrogen and oxygen atoms in total. The standard InChI is InChI=1S/C15H19BrFNO/c1-2-8-18-15(14-5-3-4-9-19-14)12-10-11(16)6-7-13(12)17/h5-7,10,15,18H,2-4,8-9H2,1H3. The van der Waals surface area contributed by atoms with Gasteiger partial charge in [-0.05, 0) is 50.1 Å².